The molecule has 1 aromatic rings. The van der Waals surface area contributed by atoms with Gasteiger partial charge >= 0.3 is 0 Å². The molecule has 156 valence electrons. The van der Waals surface area contributed by atoms with Crippen LogP contribution in [0.5, 0.6) is 0 Å². The first kappa shape index (κ1) is 21.6. The van der Waals surface area contributed by atoms with Crippen molar-refractivity contribution in [1.29, 1.82) is 0 Å². The van der Waals surface area contributed by atoms with Crippen molar-refractivity contribution >= 4 is 35.2 Å². The minimum atomic E-state index is -0.852. The van der Waals surface area contributed by atoms with Gasteiger partial charge in [-0.15, -0.1) is 6.58 Å². The summed E-state index contributed by atoms with van der Waals surface area (Å²) in [7, 11) is 0. The van der Waals surface area contributed by atoms with Crippen LogP contribution in [-0.2, 0) is 19.9 Å². The van der Waals surface area contributed by atoms with E-state index in [9.17, 15) is 14.4 Å². The summed E-state index contributed by atoms with van der Waals surface area (Å²) in [5, 5.41) is 6.04. The second-order valence-electron chi connectivity index (χ2n) is 7.91. The van der Waals surface area contributed by atoms with E-state index >= 15 is 0 Å². The molecule has 0 aliphatic carbocycles. The molecule has 1 saturated heterocycles. The van der Waals surface area contributed by atoms with Crippen LogP contribution in [0.1, 0.15) is 32.3 Å². The van der Waals surface area contributed by atoms with E-state index in [4.69, 9.17) is 0 Å². The first-order chi connectivity index (χ1) is 13.9. The number of hydrogen-bond donors (Lipinski definition) is 2. The van der Waals surface area contributed by atoms with Crippen molar-refractivity contribution in [2.24, 2.45) is 11.8 Å². The monoisotopic (exact) mass is 415 g/mol. The Morgan fingerprint density at radius 1 is 1.41 bits per heavy atom. The lowest BCUT2D eigenvalue weighted by Gasteiger charge is -2.46. The highest BCUT2D eigenvalue weighted by Crippen LogP contribution is 2.48. The van der Waals surface area contributed by atoms with Gasteiger partial charge in [-0.1, -0.05) is 31.2 Å². The molecule has 2 heterocycles. The summed E-state index contributed by atoms with van der Waals surface area (Å²) in [4.78, 5) is 39.7. The first-order valence-electron chi connectivity index (χ1n) is 9.96. The Kier molecular flexibility index (Phi) is 6.49. The van der Waals surface area contributed by atoms with E-state index in [1.807, 2.05) is 37.4 Å². The lowest BCUT2D eigenvalue weighted by molar-refractivity contribution is -0.138. The molecule has 3 amide bonds. The fraction of sp³-hybridized carbons (Fsp3) is 0.500. The minimum Gasteiger partial charge on any atom is -0.306 e. The van der Waals surface area contributed by atoms with Crippen LogP contribution in [0.2, 0.25) is 0 Å². The van der Waals surface area contributed by atoms with Crippen molar-refractivity contribution in [1.82, 2.24) is 10.6 Å². The number of carbonyl (C=O) groups is 3. The number of anilines is 1. The number of fused-ring (bicyclic) bond motifs is 2. The summed E-state index contributed by atoms with van der Waals surface area (Å²) in [5.74, 6) is -0.194. The molecule has 4 atom stereocenters. The predicted octanol–water partition coefficient (Wildman–Crippen LogP) is 2.44. The molecule has 6 nitrogen and oxygen atoms in total. The number of benzene rings is 1. The number of nitrogens with zero attached hydrogens (tertiary/aromatic N) is 1. The summed E-state index contributed by atoms with van der Waals surface area (Å²) in [6.07, 6.45) is 4.99. The number of nitrogens with one attached hydrogen (secondary N) is 2. The number of amides is 3. The highest BCUT2D eigenvalue weighted by molar-refractivity contribution is 7.98. The molecule has 1 aromatic carbocycles. The van der Waals surface area contributed by atoms with Crippen molar-refractivity contribution < 1.29 is 14.4 Å². The highest BCUT2D eigenvalue weighted by atomic mass is 32.2. The summed E-state index contributed by atoms with van der Waals surface area (Å²) < 4.78 is 0. The third kappa shape index (κ3) is 3.85. The molecule has 0 radical (unpaired) electrons. The van der Waals surface area contributed by atoms with Gasteiger partial charge in [0.15, 0.2) is 0 Å². The Hall–Kier alpha value is -2.12. The third-order valence-electron chi connectivity index (χ3n) is 5.92. The fourth-order valence-corrected chi connectivity index (χ4v) is 5.33. The van der Waals surface area contributed by atoms with Gasteiger partial charge in [-0.2, -0.15) is 11.8 Å². The van der Waals surface area contributed by atoms with E-state index in [-0.39, 0.29) is 35.6 Å². The van der Waals surface area contributed by atoms with Crippen LogP contribution in [0, 0.1) is 11.8 Å². The molecule has 3 rings (SSSR count). The van der Waals surface area contributed by atoms with Crippen LogP contribution >= 0.6 is 11.8 Å². The van der Waals surface area contributed by atoms with Gasteiger partial charge < -0.3 is 4.90 Å². The van der Waals surface area contributed by atoms with Gasteiger partial charge in [-0.05, 0) is 36.8 Å². The van der Waals surface area contributed by atoms with E-state index in [1.54, 1.807) is 22.7 Å². The number of imide groups is 1. The van der Waals surface area contributed by atoms with Crippen molar-refractivity contribution in [2.75, 3.05) is 23.5 Å². The molecule has 2 N–H and O–H groups in total. The number of para-hydroxylation sites is 1. The number of piperidine rings is 1. The molecular formula is C22H29N3O3S. The number of carbonyl (C=O) groups excluding carboxylic acids is 3. The SMILES string of the molecule is C=CCN1C(=O)C2(CC(C)C(C(=O)NC(C)=O)C(CCSC)N2)c2ccccc21. The van der Waals surface area contributed by atoms with Gasteiger partial charge in [0.2, 0.25) is 11.8 Å². The Labute approximate surface area is 176 Å². The van der Waals surface area contributed by atoms with Crippen LogP contribution < -0.4 is 15.5 Å². The van der Waals surface area contributed by atoms with Gasteiger partial charge in [-0.3, -0.25) is 25.0 Å². The van der Waals surface area contributed by atoms with Crippen LogP contribution in [-0.4, -0.2) is 42.3 Å². The molecule has 2 aliphatic heterocycles. The molecule has 1 spiro atoms. The largest absolute Gasteiger partial charge is 0.306 e. The zero-order valence-electron chi connectivity index (χ0n) is 17.2. The van der Waals surface area contributed by atoms with Crippen molar-refractivity contribution in [3.05, 3.63) is 42.5 Å². The quantitative estimate of drug-likeness (QED) is 0.698. The Bertz CT molecular complexity index is 827. The fourth-order valence-electron chi connectivity index (χ4n) is 4.84. The summed E-state index contributed by atoms with van der Waals surface area (Å²) in [5.41, 5.74) is 1.00. The van der Waals surface area contributed by atoms with Gasteiger partial charge in [-0.25, -0.2) is 0 Å². The normalized spacial score (nSPS) is 28.3. The van der Waals surface area contributed by atoms with E-state index in [0.717, 1.165) is 23.4 Å². The van der Waals surface area contributed by atoms with E-state index in [1.165, 1.54) is 6.92 Å². The van der Waals surface area contributed by atoms with Gasteiger partial charge in [0.25, 0.3) is 5.91 Å². The predicted molar refractivity (Wildman–Crippen MR) is 117 cm³/mol. The lowest BCUT2D eigenvalue weighted by atomic mass is 9.70. The molecule has 0 bridgehead atoms. The van der Waals surface area contributed by atoms with Gasteiger partial charge in [0.05, 0.1) is 5.92 Å². The van der Waals surface area contributed by atoms with Crippen LogP contribution in [0.3, 0.4) is 0 Å². The summed E-state index contributed by atoms with van der Waals surface area (Å²) >= 11 is 1.70. The maximum atomic E-state index is 13.6. The number of rotatable bonds is 6. The van der Waals surface area contributed by atoms with E-state index in [0.29, 0.717) is 13.0 Å². The zero-order valence-corrected chi connectivity index (χ0v) is 18.1. The Morgan fingerprint density at radius 2 is 2.14 bits per heavy atom. The van der Waals surface area contributed by atoms with Gasteiger partial charge in [0, 0.05) is 30.8 Å². The summed E-state index contributed by atoms with van der Waals surface area (Å²) in [6, 6.07) is 7.64. The average molecular weight is 416 g/mol. The lowest BCUT2D eigenvalue weighted by Crippen LogP contribution is -2.64. The number of hydrogen-bond acceptors (Lipinski definition) is 5. The molecule has 29 heavy (non-hydrogen) atoms. The maximum Gasteiger partial charge on any atom is 0.252 e. The molecule has 7 heteroatoms. The minimum absolute atomic E-state index is 0.00466. The zero-order chi connectivity index (χ0) is 21.2. The summed E-state index contributed by atoms with van der Waals surface area (Å²) in [6.45, 7) is 7.59. The molecule has 1 fully saturated rings. The second kappa shape index (κ2) is 8.71. The number of thioether (sulfide) groups is 1. The molecule has 2 aliphatic rings. The molecule has 4 unspecified atom stereocenters. The van der Waals surface area contributed by atoms with Crippen LogP contribution in [0.15, 0.2) is 36.9 Å². The highest BCUT2D eigenvalue weighted by Gasteiger charge is 2.57. The van der Waals surface area contributed by atoms with E-state index < -0.39 is 5.54 Å². The van der Waals surface area contributed by atoms with Crippen molar-refractivity contribution in [3.63, 3.8) is 0 Å². The second-order valence-corrected chi connectivity index (χ2v) is 8.90. The Morgan fingerprint density at radius 3 is 2.79 bits per heavy atom. The maximum absolute atomic E-state index is 13.6. The average Bonchev–Trinajstić information content (AvgIpc) is 2.88. The van der Waals surface area contributed by atoms with Gasteiger partial charge in [0.1, 0.15) is 5.54 Å². The topological polar surface area (TPSA) is 78.5 Å². The molecule has 0 saturated carbocycles. The van der Waals surface area contributed by atoms with Crippen molar-refractivity contribution in [3.8, 4) is 0 Å². The smallest absolute Gasteiger partial charge is 0.252 e. The Balaban J connectivity index is 2.01. The van der Waals surface area contributed by atoms with Crippen molar-refractivity contribution in [2.45, 2.75) is 38.3 Å². The third-order valence-corrected chi connectivity index (χ3v) is 6.56. The first-order valence-corrected chi connectivity index (χ1v) is 11.4. The van der Waals surface area contributed by atoms with Crippen LogP contribution in [0.25, 0.3) is 0 Å². The molecule has 0 aromatic heterocycles. The van der Waals surface area contributed by atoms with Crippen LogP contribution in [0.4, 0.5) is 5.69 Å². The molecular weight excluding hydrogens is 386 g/mol. The van der Waals surface area contributed by atoms with E-state index in [2.05, 4.69) is 17.2 Å². The standard InChI is InChI=1S/C22H29N3O3S/c1-5-11-25-18-9-7-6-8-16(18)22(21(25)28)13-14(2)19(20(27)23-15(3)26)17(24-22)10-12-29-4/h5-9,14,17,19,24H,1,10-13H2,2-4H3,(H,23,26,27).